The SMILES string of the molecule is O=C(Nc1ccc(Cl)c(C(F)(F)F)c1)Oc1ccc(F)cc1. The minimum absolute atomic E-state index is 0.0453. The maximum atomic E-state index is 12.7. The van der Waals surface area contributed by atoms with E-state index in [4.69, 9.17) is 16.3 Å². The highest BCUT2D eigenvalue weighted by Gasteiger charge is 2.33. The number of alkyl halides is 3. The van der Waals surface area contributed by atoms with Crippen LogP contribution in [0.25, 0.3) is 0 Å². The summed E-state index contributed by atoms with van der Waals surface area (Å²) in [4.78, 5) is 11.6. The van der Waals surface area contributed by atoms with Crippen molar-refractivity contribution in [1.29, 1.82) is 0 Å². The van der Waals surface area contributed by atoms with Crippen molar-refractivity contribution in [3.63, 3.8) is 0 Å². The van der Waals surface area contributed by atoms with Crippen molar-refractivity contribution in [3.8, 4) is 5.75 Å². The van der Waals surface area contributed by atoms with Crippen LogP contribution in [0.5, 0.6) is 5.75 Å². The van der Waals surface area contributed by atoms with Gasteiger partial charge < -0.3 is 4.74 Å². The Hall–Kier alpha value is -2.28. The summed E-state index contributed by atoms with van der Waals surface area (Å²) in [6, 6.07) is 7.46. The lowest BCUT2D eigenvalue weighted by Crippen LogP contribution is -2.17. The lowest BCUT2D eigenvalue weighted by atomic mass is 10.2. The Bertz CT molecular complexity index is 686. The zero-order valence-electron chi connectivity index (χ0n) is 10.7. The Kier molecular flexibility index (Phi) is 4.56. The smallest absolute Gasteiger partial charge is 0.410 e. The number of benzene rings is 2. The third kappa shape index (κ3) is 4.11. The van der Waals surface area contributed by atoms with Gasteiger partial charge in [0.2, 0.25) is 0 Å². The van der Waals surface area contributed by atoms with Crippen molar-refractivity contribution in [2.24, 2.45) is 0 Å². The van der Waals surface area contributed by atoms with E-state index in [-0.39, 0.29) is 11.4 Å². The van der Waals surface area contributed by atoms with Gasteiger partial charge in [-0.1, -0.05) is 11.6 Å². The van der Waals surface area contributed by atoms with E-state index < -0.39 is 28.7 Å². The van der Waals surface area contributed by atoms with Gasteiger partial charge in [0.15, 0.2) is 0 Å². The molecule has 116 valence electrons. The van der Waals surface area contributed by atoms with Gasteiger partial charge in [-0.25, -0.2) is 9.18 Å². The molecule has 2 aromatic carbocycles. The third-order valence-electron chi connectivity index (χ3n) is 2.54. The molecule has 0 aliphatic heterocycles. The zero-order chi connectivity index (χ0) is 16.3. The normalized spacial score (nSPS) is 11.1. The molecule has 0 bridgehead atoms. The van der Waals surface area contributed by atoms with E-state index in [1.165, 1.54) is 18.2 Å². The van der Waals surface area contributed by atoms with Gasteiger partial charge in [-0.15, -0.1) is 0 Å². The highest BCUT2D eigenvalue weighted by molar-refractivity contribution is 6.31. The second kappa shape index (κ2) is 6.23. The average Bonchev–Trinajstić information content (AvgIpc) is 2.42. The van der Waals surface area contributed by atoms with Crippen LogP contribution in [0.1, 0.15) is 5.56 Å². The molecule has 0 heterocycles. The summed E-state index contributed by atoms with van der Waals surface area (Å²) in [5, 5.41) is 1.65. The van der Waals surface area contributed by atoms with Gasteiger partial charge in [-0.05, 0) is 42.5 Å². The lowest BCUT2D eigenvalue weighted by Gasteiger charge is -2.11. The first kappa shape index (κ1) is 16.1. The number of amides is 1. The topological polar surface area (TPSA) is 38.3 Å². The number of carbonyl (C=O) groups excluding carboxylic acids is 1. The predicted octanol–water partition coefficient (Wildman–Crippen LogP) is 5.11. The molecule has 0 aromatic heterocycles. The molecule has 0 aliphatic carbocycles. The third-order valence-corrected chi connectivity index (χ3v) is 2.87. The minimum atomic E-state index is -4.64. The summed E-state index contributed by atoms with van der Waals surface area (Å²) in [5.74, 6) is -0.468. The van der Waals surface area contributed by atoms with Crippen LogP contribution in [-0.2, 0) is 6.18 Å². The van der Waals surface area contributed by atoms with E-state index in [0.29, 0.717) is 6.07 Å². The first-order chi connectivity index (χ1) is 10.3. The van der Waals surface area contributed by atoms with Gasteiger partial charge in [-0.2, -0.15) is 13.2 Å². The predicted molar refractivity (Wildman–Crippen MR) is 72.5 cm³/mol. The van der Waals surface area contributed by atoms with Crippen molar-refractivity contribution in [2.45, 2.75) is 6.18 Å². The Balaban J connectivity index is 2.10. The number of ether oxygens (including phenoxy) is 1. The molecule has 0 spiro atoms. The van der Waals surface area contributed by atoms with Gasteiger partial charge in [-0.3, -0.25) is 5.32 Å². The first-order valence-electron chi connectivity index (χ1n) is 5.87. The van der Waals surface area contributed by atoms with Gasteiger partial charge in [0.1, 0.15) is 11.6 Å². The van der Waals surface area contributed by atoms with E-state index >= 15 is 0 Å². The second-order valence-electron chi connectivity index (χ2n) is 4.16. The highest BCUT2D eigenvalue weighted by atomic mass is 35.5. The molecule has 22 heavy (non-hydrogen) atoms. The molecule has 2 rings (SSSR count). The van der Waals surface area contributed by atoms with Crippen LogP contribution < -0.4 is 10.1 Å². The number of carbonyl (C=O) groups is 1. The fraction of sp³-hybridized carbons (Fsp3) is 0.0714. The molecule has 0 fully saturated rings. The molecule has 0 aliphatic rings. The van der Waals surface area contributed by atoms with Crippen molar-refractivity contribution in [2.75, 3.05) is 5.32 Å². The second-order valence-corrected chi connectivity index (χ2v) is 4.57. The molecule has 3 nitrogen and oxygen atoms in total. The molecule has 0 saturated heterocycles. The van der Waals surface area contributed by atoms with Crippen molar-refractivity contribution >= 4 is 23.4 Å². The van der Waals surface area contributed by atoms with Crippen LogP contribution >= 0.6 is 11.6 Å². The van der Waals surface area contributed by atoms with Gasteiger partial charge in [0, 0.05) is 5.69 Å². The van der Waals surface area contributed by atoms with Crippen molar-refractivity contribution < 1.29 is 27.1 Å². The van der Waals surface area contributed by atoms with Gasteiger partial charge >= 0.3 is 12.3 Å². The molecule has 1 N–H and O–H groups in total. The van der Waals surface area contributed by atoms with Crippen LogP contribution in [0.4, 0.5) is 28.0 Å². The van der Waals surface area contributed by atoms with Crippen molar-refractivity contribution in [1.82, 2.24) is 0 Å². The molecular weight excluding hydrogens is 326 g/mol. The Morgan fingerprint density at radius 1 is 1.09 bits per heavy atom. The van der Waals surface area contributed by atoms with E-state index in [1.807, 2.05) is 0 Å². The maximum Gasteiger partial charge on any atom is 0.417 e. The monoisotopic (exact) mass is 333 g/mol. The average molecular weight is 334 g/mol. The van der Waals surface area contributed by atoms with Crippen LogP contribution in [0.15, 0.2) is 42.5 Å². The van der Waals surface area contributed by atoms with E-state index in [0.717, 1.165) is 18.2 Å². The molecule has 0 atom stereocenters. The lowest BCUT2D eigenvalue weighted by molar-refractivity contribution is -0.137. The molecule has 2 aromatic rings. The first-order valence-corrected chi connectivity index (χ1v) is 6.24. The number of rotatable bonds is 2. The van der Waals surface area contributed by atoms with Crippen LogP contribution in [0.2, 0.25) is 5.02 Å². The minimum Gasteiger partial charge on any atom is -0.410 e. The fourth-order valence-corrected chi connectivity index (χ4v) is 1.80. The van der Waals surface area contributed by atoms with Crippen LogP contribution in [0.3, 0.4) is 0 Å². The summed E-state index contributed by atoms with van der Waals surface area (Å²) >= 11 is 5.46. The molecule has 0 saturated carbocycles. The number of hydrogen-bond acceptors (Lipinski definition) is 2. The maximum absolute atomic E-state index is 12.7. The summed E-state index contributed by atoms with van der Waals surface area (Å²) in [7, 11) is 0. The van der Waals surface area contributed by atoms with Gasteiger partial charge in [0.05, 0.1) is 10.6 Å². The largest absolute Gasteiger partial charge is 0.417 e. The van der Waals surface area contributed by atoms with Crippen molar-refractivity contribution in [3.05, 3.63) is 58.9 Å². The molecule has 0 radical (unpaired) electrons. The molecule has 8 heteroatoms. The fourth-order valence-electron chi connectivity index (χ4n) is 1.57. The molecule has 1 amide bonds. The van der Waals surface area contributed by atoms with E-state index in [1.54, 1.807) is 0 Å². The van der Waals surface area contributed by atoms with Gasteiger partial charge in [0.25, 0.3) is 0 Å². The van der Waals surface area contributed by atoms with E-state index in [9.17, 15) is 22.4 Å². The zero-order valence-corrected chi connectivity index (χ0v) is 11.5. The van der Waals surface area contributed by atoms with Crippen LogP contribution in [0, 0.1) is 5.82 Å². The Morgan fingerprint density at radius 3 is 2.32 bits per heavy atom. The Morgan fingerprint density at radius 2 is 1.73 bits per heavy atom. The number of hydrogen-bond donors (Lipinski definition) is 1. The standard InChI is InChI=1S/C14H8ClF4NO2/c15-12-6-3-9(7-11(12)14(17,18)19)20-13(21)22-10-4-1-8(16)2-5-10/h1-7H,(H,20,21). The quantitative estimate of drug-likeness (QED) is 0.776. The highest BCUT2D eigenvalue weighted by Crippen LogP contribution is 2.36. The number of anilines is 1. The summed E-state index contributed by atoms with van der Waals surface area (Å²) < 4.78 is 55.5. The molecular formula is C14H8ClF4NO2. The Labute approximate surface area is 127 Å². The number of halogens is 5. The summed E-state index contributed by atoms with van der Waals surface area (Å²) in [5.41, 5.74) is -1.21. The summed E-state index contributed by atoms with van der Waals surface area (Å²) in [6.07, 6.45) is -5.66. The summed E-state index contributed by atoms with van der Waals surface area (Å²) in [6.45, 7) is 0. The molecule has 0 unspecified atom stereocenters. The van der Waals surface area contributed by atoms with E-state index in [2.05, 4.69) is 5.32 Å². The van der Waals surface area contributed by atoms with Crippen LogP contribution in [-0.4, -0.2) is 6.09 Å². The number of nitrogens with one attached hydrogen (secondary N) is 1.